The van der Waals surface area contributed by atoms with E-state index >= 15 is 0 Å². The van der Waals surface area contributed by atoms with Crippen molar-refractivity contribution in [2.75, 3.05) is 18.9 Å². The molecule has 0 radical (unpaired) electrons. The Morgan fingerprint density at radius 2 is 2.10 bits per heavy atom. The van der Waals surface area contributed by atoms with Gasteiger partial charge in [-0.2, -0.15) is 0 Å². The number of hydrogen-bond acceptors (Lipinski definition) is 4. The number of ether oxygens (including phenoxy) is 1. The summed E-state index contributed by atoms with van der Waals surface area (Å²) in [5, 5.41) is 3.25. The van der Waals surface area contributed by atoms with Gasteiger partial charge in [0.15, 0.2) is 9.84 Å². The van der Waals surface area contributed by atoms with Crippen molar-refractivity contribution in [3.8, 4) is 0 Å². The van der Waals surface area contributed by atoms with E-state index in [-0.39, 0.29) is 11.3 Å². The van der Waals surface area contributed by atoms with E-state index in [2.05, 4.69) is 12.2 Å². The molecule has 4 nitrogen and oxygen atoms in total. The first kappa shape index (κ1) is 16.2. The maximum absolute atomic E-state index is 12.3. The monoisotopic (exact) mass is 303 g/mol. The zero-order chi connectivity index (χ0) is 14.4. The highest BCUT2D eigenvalue weighted by atomic mass is 32.2. The van der Waals surface area contributed by atoms with E-state index in [9.17, 15) is 8.42 Å². The van der Waals surface area contributed by atoms with Crippen molar-refractivity contribution in [1.29, 1.82) is 0 Å². The Bertz CT molecular complexity index is 377. The summed E-state index contributed by atoms with van der Waals surface area (Å²) in [5.74, 6) is 0.380. The molecule has 1 N–H and O–H groups in total. The Balaban J connectivity index is 1.85. The highest BCUT2D eigenvalue weighted by Gasteiger charge is 2.34. The van der Waals surface area contributed by atoms with Crippen molar-refractivity contribution in [3.63, 3.8) is 0 Å². The second kappa shape index (κ2) is 7.76. The summed E-state index contributed by atoms with van der Waals surface area (Å²) < 4.78 is 30.1. The summed E-state index contributed by atoms with van der Waals surface area (Å²) >= 11 is 0. The van der Waals surface area contributed by atoms with E-state index in [1.165, 1.54) is 12.8 Å². The summed E-state index contributed by atoms with van der Waals surface area (Å²) in [6, 6.07) is 0.131. The molecule has 5 heteroatoms. The van der Waals surface area contributed by atoms with Crippen LogP contribution in [0.3, 0.4) is 0 Å². The molecule has 3 atom stereocenters. The van der Waals surface area contributed by atoms with Crippen molar-refractivity contribution in [2.24, 2.45) is 0 Å². The van der Waals surface area contributed by atoms with Gasteiger partial charge in [0, 0.05) is 12.6 Å². The maximum atomic E-state index is 12.3. The lowest BCUT2D eigenvalue weighted by Crippen LogP contribution is -2.46. The molecule has 2 rings (SSSR count). The highest BCUT2D eigenvalue weighted by Crippen LogP contribution is 2.26. The molecular formula is C15H29NO3S. The van der Waals surface area contributed by atoms with Crippen molar-refractivity contribution in [1.82, 2.24) is 5.32 Å². The molecule has 0 bridgehead atoms. The van der Waals surface area contributed by atoms with Crippen molar-refractivity contribution in [3.05, 3.63) is 0 Å². The third kappa shape index (κ3) is 4.43. The molecular weight excluding hydrogens is 274 g/mol. The van der Waals surface area contributed by atoms with Gasteiger partial charge in [0.25, 0.3) is 0 Å². The first-order chi connectivity index (χ1) is 9.63. The van der Waals surface area contributed by atoms with E-state index in [0.29, 0.717) is 11.9 Å². The van der Waals surface area contributed by atoms with Crippen LogP contribution in [0.25, 0.3) is 0 Å². The van der Waals surface area contributed by atoms with E-state index in [1.54, 1.807) is 0 Å². The fourth-order valence-corrected chi connectivity index (χ4v) is 5.72. The minimum atomic E-state index is -2.89. The van der Waals surface area contributed by atoms with Crippen LogP contribution in [0.5, 0.6) is 0 Å². The van der Waals surface area contributed by atoms with Gasteiger partial charge in [-0.25, -0.2) is 8.42 Å². The summed E-state index contributed by atoms with van der Waals surface area (Å²) in [6.45, 7) is 3.80. The summed E-state index contributed by atoms with van der Waals surface area (Å²) in [7, 11) is -2.89. The number of rotatable bonds is 7. The smallest absolute Gasteiger partial charge is 0.154 e. The van der Waals surface area contributed by atoms with Crippen LogP contribution in [-0.2, 0) is 14.6 Å². The molecule has 0 aromatic rings. The van der Waals surface area contributed by atoms with Gasteiger partial charge < -0.3 is 10.1 Å². The van der Waals surface area contributed by atoms with Gasteiger partial charge in [-0.15, -0.1) is 0 Å². The molecule has 2 heterocycles. The van der Waals surface area contributed by atoms with E-state index in [1.807, 2.05) is 0 Å². The predicted molar refractivity (Wildman–Crippen MR) is 81.7 cm³/mol. The molecule has 118 valence electrons. The zero-order valence-corrected chi connectivity index (χ0v) is 13.5. The Hall–Kier alpha value is -0.130. The van der Waals surface area contributed by atoms with Gasteiger partial charge in [0.1, 0.15) is 0 Å². The normalized spacial score (nSPS) is 31.2. The molecule has 2 saturated heterocycles. The van der Waals surface area contributed by atoms with Crippen LogP contribution in [0.2, 0.25) is 0 Å². The highest BCUT2D eigenvalue weighted by molar-refractivity contribution is 7.92. The van der Waals surface area contributed by atoms with E-state index in [4.69, 9.17) is 4.74 Å². The standard InChI is InChI=1S/C15H29NO3S/c1-2-16-14(9-5-7-13-8-6-11-19-13)15-10-3-4-12-20(15,17)18/h13-16H,2-12H2,1H3. The quantitative estimate of drug-likeness (QED) is 0.784. The largest absolute Gasteiger partial charge is 0.378 e. The molecule has 20 heavy (non-hydrogen) atoms. The minimum Gasteiger partial charge on any atom is -0.378 e. The van der Waals surface area contributed by atoms with Crippen LogP contribution in [-0.4, -0.2) is 44.7 Å². The van der Waals surface area contributed by atoms with Crippen LogP contribution < -0.4 is 5.32 Å². The summed E-state index contributed by atoms with van der Waals surface area (Å²) in [5.41, 5.74) is 0. The molecule has 0 aromatic carbocycles. The fraction of sp³-hybridized carbons (Fsp3) is 1.00. The summed E-state index contributed by atoms with van der Waals surface area (Å²) in [4.78, 5) is 0. The summed E-state index contributed by atoms with van der Waals surface area (Å²) in [6.07, 6.45) is 8.60. The van der Waals surface area contributed by atoms with Crippen molar-refractivity contribution in [2.45, 2.75) is 75.7 Å². The minimum absolute atomic E-state index is 0.131. The lowest BCUT2D eigenvalue weighted by atomic mass is 9.99. The second-order valence-corrected chi connectivity index (χ2v) is 8.47. The molecule has 0 saturated carbocycles. The third-order valence-corrected chi connectivity index (χ3v) is 6.95. The first-order valence-corrected chi connectivity index (χ1v) is 9.91. The Morgan fingerprint density at radius 3 is 2.75 bits per heavy atom. The van der Waals surface area contributed by atoms with Gasteiger partial charge >= 0.3 is 0 Å². The van der Waals surface area contributed by atoms with E-state index < -0.39 is 9.84 Å². The number of nitrogens with one attached hydrogen (secondary N) is 1. The van der Waals surface area contributed by atoms with Crippen molar-refractivity contribution >= 4 is 9.84 Å². The van der Waals surface area contributed by atoms with Crippen LogP contribution in [0, 0.1) is 0 Å². The van der Waals surface area contributed by atoms with Gasteiger partial charge in [-0.3, -0.25) is 0 Å². The number of hydrogen-bond donors (Lipinski definition) is 1. The first-order valence-electron chi connectivity index (χ1n) is 8.20. The predicted octanol–water partition coefficient (Wildman–Crippen LogP) is 2.28. The topological polar surface area (TPSA) is 55.4 Å². The van der Waals surface area contributed by atoms with Gasteiger partial charge in [0.2, 0.25) is 0 Å². The van der Waals surface area contributed by atoms with Crippen LogP contribution in [0.15, 0.2) is 0 Å². The second-order valence-electron chi connectivity index (χ2n) is 6.13. The third-order valence-electron chi connectivity index (χ3n) is 4.61. The maximum Gasteiger partial charge on any atom is 0.154 e. The van der Waals surface area contributed by atoms with Crippen molar-refractivity contribution < 1.29 is 13.2 Å². The van der Waals surface area contributed by atoms with Crippen LogP contribution >= 0.6 is 0 Å². The molecule has 2 fully saturated rings. The lowest BCUT2D eigenvalue weighted by Gasteiger charge is -2.31. The molecule has 2 aliphatic rings. The Kier molecular flexibility index (Phi) is 6.30. The Labute approximate surface area is 123 Å². The molecule has 0 aliphatic carbocycles. The lowest BCUT2D eigenvalue weighted by molar-refractivity contribution is 0.101. The van der Waals surface area contributed by atoms with Crippen LogP contribution in [0.1, 0.15) is 58.3 Å². The average Bonchev–Trinajstić information content (AvgIpc) is 2.91. The van der Waals surface area contributed by atoms with Gasteiger partial charge in [0.05, 0.1) is 17.1 Å². The number of sulfone groups is 1. The SMILES string of the molecule is CCNC(CCCC1CCCO1)C1CCCCS1(=O)=O. The fourth-order valence-electron chi connectivity index (χ4n) is 3.55. The zero-order valence-electron chi connectivity index (χ0n) is 12.6. The molecule has 0 aromatic heterocycles. The van der Waals surface area contributed by atoms with Crippen LogP contribution in [0.4, 0.5) is 0 Å². The van der Waals surface area contributed by atoms with Gasteiger partial charge in [-0.05, 0) is 51.5 Å². The molecule has 0 amide bonds. The van der Waals surface area contributed by atoms with E-state index in [0.717, 1.165) is 51.7 Å². The Morgan fingerprint density at radius 1 is 1.25 bits per heavy atom. The molecule has 2 aliphatic heterocycles. The molecule has 0 spiro atoms. The molecule has 3 unspecified atom stereocenters. The average molecular weight is 303 g/mol. The van der Waals surface area contributed by atoms with Gasteiger partial charge in [-0.1, -0.05) is 13.3 Å².